The largest absolute Gasteiger partial charge is 0.491 e. The molecule has 2 aromatic carbocycles. The number of benzene rings is 2. The fourth-order valence-electron chi connectivity index (χ4n) is 3.90. The molecule has 1 aliphatic heterocycles. The fourth-order valence-corrected chi connectivity index (χ4v) is 3.90. The number of rotatable bonds is 2. The number of nitrogens with two attached hydrogens (primary N) is 1. The third kappa shape index (κ3) is 2.32. The van der Waals surface area contributed by atoms with E-state index in [0.717, 1.165) is 33.1 Å². The maximum absolute atomic E-state index is 13.2. The van der Waals surface area contributed by atoms with Gasteiger partial charge in [0.25, 0.3) is 5.91 Å². The summed E-state index contributed by atoms with van der Waals surface area (Å²) >= 11 is 0. The minimum atomic E-state index is -0.110. The number of pyridine rings is 1. The van der Waals surface area contributed by atoms with E-state index in [-0.39, 0.29) is 11.9 Å². The van der Waals surface area contributed by atoms with Gasteiger partial charge in [0.15, 0.2) is 0 Å². The van der Waals surface area contributed by atoms with Crippen molar-refractivity contribution in [1.29, 1.82) is 0 Å². The third-order valence-electron chi connectivity index (χ3n) is 5.42. The highest BCUT2D eigenvalue weighted by Gasteiger charge is 2.30. The monoisotopic (exact) mass is 373 g/mol. The van der Waals surface area contributed by atoms with E-state index in [1.807, 2.05) is 50.5 Å². The molecule has 0 bridgehead atoms. The van der Waals surface area contributed by atoms with Crippen LogP contribution in [0, 0.1) is 0 Å². The van der Waals surface area contributed by atoms with E-state index in [1.165, 1.54) is 0 Å². The number of carbonyl (C=O) groups is 1. The maximum Gasteiger partial charge on any atom is 0.254 e. The van der Waals surface area contributed by atoms with Crippen molar-refractivity contribution in [2.45, 2.75) is 6.04 Å². The molecule has 0 aliphatic carbocycles. The molecule has 28 heavy (non-hydrogen) atoms. The van der Waals surface area contributed by atoms with E-state index in [2.05, 4.69) is 10.1 Å². The molecule has 0 saturated heterocycles. The third-order valence-corrected chi connectivity index (χ3v) is 5.42. The smallest absolute Gasteiger partial charge is 0.254 e. The van der Waals surface area contributed by atoms with Gasteiger partial charge in [-0.15, -0.1) is 0 Å². The van der Waals surface area contributed by atoms with E-state index in [4.69, 9.17) is 10.5 Å². The second kappa shape index (κ2) is 5.95. The number of likely N-dealkylation sites (N-methyl/N-ethyl adjacent to an activating group) is 1. The van der Waals surface area contributed by atoms with Crippen LogP contribution in [-0.2, 0) is 7.05 Å². The summed E-state index contributed by atoms with van der Waals surface area (Å²) < 4.78 is 7.49. The molecular weight excluding hydrogens is 354 g/mol. The zero-order valence-electron chi connectivity index (χ0n) is 15.6. The van der Waals surface area contributed by atoms with Crippen LogP contribution in [0.4, 0.5) is 5.82 Å². The molecule has 4 aromatic rings. The van der Waals surface area contributed by atoms with Crippen molar-refractivity contribution < 1.29 is 9.53 Å². The lowest BCUT2D eigenvalue weighted by Crippen LogP contribution is -2.32. The van der Waals surface area contributed by atoms with Gasteiger partial charge in [0.2, 0.25) is 0 Å². The van der Waals surface area contributed by atoms with E-state index in [1.54, 1.807) is 21.8 Å². The molecule has 7 heteroatoms. The zero-order chi connectivity index (χ0) is 19.4. The van der Waals surface area contributed by atoms with Gasteiger partial charge >= 0.3 is 0 Å². The number of aromatic nitrogens is 3. The molecule has 3 heterocycles. The lowest BCUT2D eigenvalue weighted by Gasteiger charge is -2.24. The van der Waals surface area contributed by atoms with Gasteiger partial charge in [0.1, 0.15) is 18.2 Å². The van der Waals surface area contributed by atoms with Gasteiger partial charge in [-0.1, -0.05) is 18.2 Å². The first-order valence-corrected chi connectivity index (χ1v) is 9.04. The number of hydrogen-bond acceptors (Lipinski definition) is 5. The number of para-hydroxylation sites is 1. The standard InChI is InChI=1S/C21H19N5O2/c1-25(17-11-28-18-6-4-3-5-13(17)18)21(27)12-7-8-16-14(9-12)19-15(20(22)24-16)10-23-26(19)2/h3-10,17H,11H2,1-2H3,(H2,22,24)/t17-/m1/s1. The number of nitrogens with zero attached hydrogens (tertiary/aromatic N) is 4. The maximum atomic E-state index is 13.2. The summed E-state index contributed by atoms with van der Waals surface area (Å²) in [5.41, 5.74) is 9.29. The van der Waals surface area contributed by atoms with Crippen LogP contribution in [0.25, 0.3) is 21.8 Å². The number of hydrogen-bond donors (Lipinski definition) is 1. The quantitative estimate of drug-likeness (QED) is 0.584. The Bertz CT molecular complexity index is 1250. The van der Waals surface area contributed by atoms with Crippen LogP contribution in [0.2, 0.25) is 0 Å². The van der Waals surface area contributed by atoms with Crippen LogP contribution < -0.4 is 10.5 Å². The summed E-state index contributed by atoms with van der Waals surface area (Å²) in [7, 11) is 3.66. The van der Waals surface area contributed by atoms with Crippen LogP contribution in [0.15, 0.2) is 48.7 Å². The molecule has 0 unspecified atom stereocenters. The molecular formula is C21H19N5O2. The van der Waals surface area contributed by atoms with Crippen LogP contribution in [0.1, 0.15) is 22.0 Å². The van der Waals surface area contributed by atoms with Gasteiger partial charge in [-0.3, -0.25) is 9.48 Å². The average Bonchev–Trinajstić information content (AvgIpc) is 3.31. The van der Waals surface area contributed by atoms with Crippen LogP contribution >= 0.6 is 0 Å². The van der Waals surface area contributed by atoms with Crippen LogP contribution in [0.3, 0.4) is 0 Å². The summed E-state index contributed by atoms with van der Waals surface area (Å²) in [6.07, 6.45) is 1.70. The molecule has 2 aromatic heterocycles. The summed E-state index contributed by atoms with van der Waals surface area (Å²) in [6.45, 7) is 0.458. The number of fused-ring (bicyclic) bond motifs is 4. The number of ether oxygens (including phenoxy) is 1. The Labute approximate surface area is 161 Å². The SMILES string of the molecule is CN(C(=O)c1ccc2nc(N)c3cnn(C)c3c2c1)[C@@H]1COc2ccccc21. The highest BCUT2D eigenvalue weighted by atomic mass is 16.5. The van der Waals surface area contributed by atoms with Crippen molar-refractivity contribution in [1.82, 2.24) is 19.7 Å². The number of carbonyl (C=O) groups excluding carboxylic acids is 1. The minimum absolute atomic E-state index is 0.0700. The number of amides is 1. The summed E-state index contributed by atoms with van der Waals surface area (Å²) in [4.78, 5) is 19.4. The van der Waals surface area contributed by atoms with Crippen molar-refractivity contribution >= 4 is 33.5 Å². The number of nitrogen functional groups attached to an aromatic ring is 1. The fraction of sp³-hybridized carbons (Fsp3) is 0.190. The van der Waals surface area contributed by atoms with E-state index >= 15 is 0 Å². The average molecular weight is 373 g/mol. The molecule has 0 saturated carbocycles. The predicted octanol–water partition coefficient (Wildman–Crippen LogP) is 2.91. The number of anilines is 1. The molecule has 140 valence electrons. The number of aryl methyl sites for hydroxylation is 1. The first kappa shape index (κ1) is 16.6. The highest BCUT2D eigenvalue weighted by molar-refractivity contribution is 6.10. The minimum Gasteiger partial charge on any atom is -0.491 e. The Balaban J connectivity index is 1.58. The lowest BCUT2D eigenvalue weighted by atomic mass is 10.0. The Hall–Kier alpha value is -3.61. The molecule has 1 amide bonds. The molecule has 0 fully saturated rings. The van der Waals surface area contributed by atoms with Gasteiger partial charge in [0.05, 0.1) is 28.7 Å². The van der Waals surface area contributed by atoms with E-state index in [9.17, 15) is 4.79 Å². The lowest BCUT2D eigenvalue weighted by molar-refractivity contribution is 0.0708. The van der Waals surface area contributed by atoms with Crippen molar-refractivity contribution in [2.24, 2.45) is 7.05 Å². The summed E-state index contributed by atoms with van der Waals surface area (Å²) in [6, 6.07) is 13.2. The predicted molar refractivity (Wildman–Crippen MR) is 107 cm³/mol. The Morgan fingerprint density at radius 1 is 1.25 bits per heavy atom. The highest BCUT2D eigenvalue weighted by Crippen LogP contribution is 2.36. The van der Waals surface area contributed by atoms with Gasteiger partial charge in [-0.25, -0.2) is 4.98 Å². The topological polar surface area (TPSA) is 86.3 Å². The Morgan fingerprint density at radius 2 is 2.07 bits per heavy atom. The summed E-state index contributed by atoms with van der Waals surface area (Å²) in [5, 5.41) is 5.93. The van der Waals surface area contributed by atoms with Crippen LogP contribution in [0.5, 0.6) is 5.75 Å². The first-order valence-electron chi connectivity index (χ1n) is 9.04. The van der Waals surface area contributed by atoms with E-state index in [0.29, 0.717) is 18.0 Å². The van der Waals surface area contributed by atoms with Gasteiger partial charge < -0.3 is 15.4 Å². The second-order valence-electron chi connectivity index (χ2n) is 7.04. The van der Waals surface area contributed by atoms with Crippen molar-refractivity contribution in [3.63, 3.8) is 0 Å². The molecule has 2 N–H and O–H groups in total. The Kier molecular flexibility index (Phi) is 3.52. The van der Waals surface area contributed by atoms with Gasteiger partial charge in [-0.05, 0) is 24.3 Å². The van der Waals surface area contributed by atoms with Crippen molar-refractivity contribution in [2.75, 3.05) is 19.4 Å². The Morgan fingerprint density at radius 3 is 2.93 bits per heavy atom. The molecule has 1 atom stereocenters. The second-order valence-corrected chi connectivity index (χ2v) is 7.04. The molecule has 0 spiro atoms. The molecule has 7 nitrogen and oxygen atoms in total. The van der Waals surface area contributed by atoms with Crippen molar-refractivity contribution in [3.05, 3.63) is 59.8 Å². The first-order chi connectivity index (χ1) is 13.5. The van der Waals surface area contributed by atoms with Gasteiger partial charge in [-0.2, -0.15) is 5.10 Å². The van der Waals surface area contributed by atoms with Crippen molar-refractivity contribution in [3.8, 4) is 5.75 Å². The molecule has 5 rings (SSSR count). The molecule has 0 radical (unpaired) electrons. The van der Waals surface area contributed by atoms with Gasteiger partial charge in [0, 0.05) is 30.6 Å². The molecule has 1 aliphatic rings. The van der Waals surface area contributed by atoms with Crippen LogP contribution in [-0.4, -0.2) is 39.2 Å². The normalized spacial score (nSPS) is 15.6. The van der Waals surface area contributed by atoms with E-state index < -0.39 is 0 Å². The summed E-state index contributed by atoms with van der Waals surface area (Å²) in [5.74, 6) is 1.20. The zero-order valence-corrected chi connectivity index (χ0v) is 15.6.